The van der Waals surface area contributed by atoms with Crippen LogP contribution in [0.15, 0.2) is 125 Å². The number of nitrogens with zero attached hydrogens (tertiary/aromatic N) is 2. The molecule has 0 unspecified atom stereocenters. The summed E-state index contributed by atoms with van der Waals surface area (Å²) in [6.07, 6.45) is 6.50. The van der Waals surface area contributed by atoms with E-state index in [-0.39, 0.29) is 34.5 Å². The number of rotatable bonds is 11. The molecular formula is C40H42N3NaO3S. The monoisotopic (exact) mass is 667 g/mol. The molecule has 48 heavy (non-hydrogen) atoms. The first-order chi connectivity index (χ1) is 22.6. The minimum atomic E-state index is -4.52. The maximum atomic E-state index is 11.6. The fourth-order valence-electron chi connectivity index (χ4n) is 6.05. The Hall–Kier alpha value is -3.72. The molecule has 1 aliphatic carbocycles. The van der Waals surface area contributed by atoms with Crippen molar-refractivity contribution in [2.75, 3.05) is 30.4 Å². The second-order valence-corrected chi connectivity index (χ2v) is 13.1. The van der Waals surface area contributed by atoms with Crippen molar-refractivity contribution in [3.05, 3.63) is 154 Å². The van der Waals surface area contributed by atoms with Crippen LogP contribution < -0.4 is 39.8 Å². The van der Waals surface area contributed by atoms with Gasteiger partial charge in [-0.15, -0.1) is 5.56 Å². The van der Waals surface area contributed by atoms with Crippen molar-refractivity contribution in [1.82, 2.24) is 0 Å². The molecule has 0 aromatic heterocycles. The number of allylic oxidation sites excluding steroid dienone is 5. The molecular weight excluding hydrogens is 626 g/mol. The Bertz CT molecular complexity index is 1980. The van der Waals surface area contributed by atoms with E-state index in [1.165, 1.54) is 34.5 Å². The maximum Gasteiger partial charge on any atom is 1.00 e. The number of nitrogens with one attached hydrogen (secondary N) is 1. The third-order valence-electron chi connectivity index (χ3n) is 8.62. The molecule has 0 saturated heterocycles. The number of anilines is 2. The molecule has 0 bridgehead atoms. The predicted octanol–water partition coefficient (Wildman–Crippen LogP) is 4.76. The van der Waals surface area contributed by atoms with Gasteiger partial charge in [0.25, 0.3) is 0 Å². The summed E-state index contributed by atoms with van der Waals surface area (Å²) >= 11 is 0. The van der Waals surface area contributed by atoms with Crippen molar-refractivity contribution in [3.8, 4) is 0 Å². The Labute approximate surface area is 308 Å². The van der Waals surface area contributed by atoms with Crippen molar-refractivity contribution in [3.63, 3.8) is 0 Å². The molecule has 242 valence electrons. The van der Waals surface area contributed by atoms with Crippen molar-refractivity contribution in [2.45, 2.75) is 45.7 Å². The van der Waals surface area contributed by atoms with Crippen LogP contribution in [-0.4, -0.2) is 43.4 Å². The molecule has 0 aliphatic heterocycles. The first-order valence-electron chi connectivity index (χ1n) is 16.0. The van der Waals surface area contributed by atoms with Gasteiger partial charge in [-0.05, 0) is 110 Å². The molecule has 4 aromatic rings. The van der Waals surface area contributed by atoms with Crippen LogP contribution in [-0.2, 0) is 23.2 Å². The molecule has 0 fully saturated rings. The normalized spacial score (nSPS) is 14.9. The zero-order valence-electron chi connectivity index (χ0n) is 28.7. The summed E-state index contributed by atoms with van der Waals surface area (Å²) in [5, 5.41) is 3.23. The van der Waals surface area contributed by atoms with Gasteiger partial charge in [0.05, 0.1) is 4.90 Å². The SMILES string of the molecule is CCN(Cc1c[c-]ccc1)c1ccc(/C(=C2/C=CC(=[N+](CC)Cc3cccc(S(=O)(=O)[O-])c3)C=C2C)c2ccc(NC)cc2)c(C)c1.[Na+]. The molecule has 0 heterocycles. The third kappa shape index (κ3) is 8.84. The van der Waals surface area contributed by atoms with Crippen LogP contribution in [0.3, 0.4) is 0 Å². The number of hydrogen-bond donors (Lipinski definition) is 1. The van der Waals surface area contributed by atoms with Gasteiger partial charge in [0.2, 0.25) is 0 Å². The fraction of sp³-hybridized carbons (Fsp3) is 0.225. The summed E-state index contributed by atoms with van der Waals surface area (Å²) in [5.74, 6) is 0. The second-order valence-electron chi connectivity index (χ2n) is 11.7. The molecule has 0 radical (unpaired) electrons. The van der Waals surface area contributed by atoms with Gasteiger partial charge >= 0.3 is 29.6 Å². The van der Waals surface area contributed by atoms with E-state index in [0.29, 0.717) is 13.1 Å². The summed E-state index contributed by atoms with van der Waals surface area (Å²) in [6, 6.07) is 32.9. The second kappa shape index (κ2) is 16.6. The fourth-order valence-corrected chi connectivity index (χ4v) is 6.59. The topological polar surface area (TPSA) is 75.5 Å². The molecule has 0 saturated carbocycles. The van der Waals surface area contributed by atoms with Crippen LogP contribution in [0, 0.1) is 13.0 Å². The first kappa shape index (κ1) is 37.1. The number of hydrogen-bond acceptors (Lipinski definition) is 5. The Morgan fingerprint density at radius 1 is 0.938 bits per heavy atom. The van der Waals surface area contributed by atoms with E-state index in [9.17, 15) is 13.0 Å². The molecule has 0 amide bonds. The van der Waals surface area contributed by atoms with Crippen molar-refractivity contribution in [1.29, 1.82) is 0 Å². The van der Waals surface area contributed by atoms with Crippen LogP contribution in [0.4, 0.5) is 11.4 Å². The van der Waals surface area contributed by atoms with E-state index in [4.69, 9.17) is 0 Å². The smallest absolute Gasteiger partial charge is 0.744 e. The molecule has 0 atom stereocenters. The molecule has 0 spiro atoms. The predicted molar refractivity (Wildman–Crippen MR) is 192 cm³/mol. The Morgan fingerprint density at radius 3 is 2.29 bits per heavy atom. The van der Waals surface area contributed by atoms with Crippen LogP contribution in [0.1, 0.15) is 48.6 Å². The summed E-state index contributed by atoms with van der Waals surface area (Å²) in [4.78, 5) is 2.17. The van der Waals surface area contributed by atoms with Crippen LogP contribution in [0.2, 0.25) is 0 Å². The first-order valence-corrected chi connectivity index (χ1v) is 17.4. The molecule has 4 aromatic carbocycles. The molecule has 1 aliphatic rings. The standard InChI is InChI=1S/C40H42N3O3S.Na/c1-6-42(27-31-12-9-8-10-13-31)35-20-22-38(29(3)24-35)40(33-16-18-34(41-5)19-17-33)39-23-21-36(25-30(39)4)43(7-2)28-32-14-11-15-37(26-32)47(44,45)46;/h8-9,11-26H,6-7,27-28H2,1-5H3,(H,44,45,46);/q-1;+1. The summed E-state index contributed by atoms with van der Waals surface area (Å²) < 4.78 is 37.0. The Balaban J connectivity index is 0.00000520. The van der Waals surface area contributed by atoms with Gasteiger partial charge in [0, 0.05) is 42.7 Å². The summed E-state index contributed by atoms with van der Waals surface area (Å²) in [7, 11) is -2.59. The van der Waals surface area contributed by atoms with E-state index in [2.05, 4.69) is 115 Å². The van der Waals surface area contributed by atoms with Crippen LogP contribution >= 0.6 is 0 Å². The average Bonchev–Trinajstić information content (AvgIpc) is 3.08. The third-order valence-corrected chi connectivity index (χ3v) is 9.45. The van der Waals surface area contributed by atoms with Gasteiger partial charge in [-0.2, -0.15) is 30.3 Å². The van der Waals surface area contributed by atoms with E-state index < -0.39 is 10.1 Å². The molecule has 1 N–H and O–H groups in total. The summed E-state index contributed by atoms with van der Waals surface area (Å²) in [6.45, 7) is 11.5. The molecule has 6 nitrogen and oxygen atoms in total. The maximum absolute atomic E-state index is 11.6. The van der Waals surface area contributed by atoms with Crippen LogP contribution in [0.25, 0.3) is 5.57 Å². The van der Waals surface area contributed by atoms with Gasteiger partial charge < -0.3 is 14.8 Å². The quantitative estimate of drug-likeness (QED) is 0.108. The number of aryl methyl sites for hydroxylation is 1. The van der Waals surface area contributed by atoms with Gasteiger partial charge in [-0.3, -0.25) is 0 Å². The Kier molecular flexibility index (Phi) is 12.8. The van der Waals surface area contributed by atoms with Crippen molar-refractivity contribution < 1.29 is 47.1 Å². The largest absolute Gasteiger partial charge is 1.00 e. The average molecular weight is 668 g/mol. The minimum Gasteiger partial charge on any atom is -0.744 e. The van der Waals surface area contributed by atoms with Gasteiger partial charge in [0.15, 0.2) is 12.3 Å². The number of benzene rings is 4. The van der Waals surface area contributed by atoms with Crippen LogP contribution in [0.5, 0.6) is 0 Å². The molecule has 8 heteroatoms. The van der Waals surface area contributed by atoms with Gasteiger partial charge in [-0.25, -0.2) is 13.0 Å². The zero-order chi connectivity index (χ0) is 33.6. The van der Waals surface area contributed by atoms with Crippen molar-refractivity contribution >= 4 is 32.8 Å². The van der Waals surface area contributed by atoms with E-state index >= 15 is 0 Å². The summed E-state index contributed by atoms with van der Waals surface area (Å²) in [5.41, 5.74) is 12.2. The Morgan fingerprint density at radius 2 is 1.69 bits per heavy atom. The van der Waals surface area contributed by atoms with Gasteiger partial charge in [-0.1, -0.05) is 30.3 Å². The zero-order valence-corrected chi connectivity index (χ0v) is 31.6. The van der Waals surface area contributed by atoms with E-state index in [1.54, 1.807) is 6.07 Å². The van der Waals surface area contributed by atoms with E-state index in [1.807, 2.05) is 31.3 Å². The van der Waals surface area contributed by atoms with E-state index in [0.717, 1.165) is 52.3 Å². The minimum absolute atomic E-state index is 0. The molecule has 5 rings (SSSR count). The van der Waals surface area contributed by atoms with Gasteiger partial charge in [0.1, 0.15) is 16.7 Å². The van der Waals surface area contributed by atoms with Crippen molar-refractivity contribution in [2.24, 2.45) is 0 Å².